The van der Waals surface area contributed by atoms with E-state index in [4.69, 9.17) is 21.1 Å². The molecule has 0 fully saturated rings. The first kappa shape index (κ1) is 12.7. The zero-order valence-corrected chi connectivity index (χ0v) is 11.8. The summed E-state index contributed by atoms with van der Waals surface area (Å²) in [5.74, 6) is 1.64. The number of rotatable bonds is 4. The molecule has 1 aliphatic heterocycles. The van der Waals surface area contributed by atoms with E-state index >= 15 is 0 Å². The van der Waals surface area contributed by atoms with Gasteiger partial charge in [-0.2, -0.15) is 0 Å². The van der Waals surface area contributed by atoms with Crippen LogP contribution in [0.25, 0.3) is 0 Å². The lowest BCUT2D eigenvalue weighted by atomic mass is 10.2. The zero-order chi connectivity index (χ0) is 13.1. The molecule has 19 heavy (non-hydrogen) atoms. The van der Waals surface area contributed by atoms with Crippen molar-refractivity contribution < 1.29 is 9.47 Å². The van der Waals surface area contributed by atoms with Crippen molar-refractivity contribution in [2.45, 2.75) is 13.1 Å². The molecule has 1 aromatic carbocycles. The molecule has 0 bridgehead atoms. The van der Waals surface area contributed by atoms with Crippen molar-refractivity contribution in [3.63, 3.8) is 0 Å². The Hall–Kier alpha value is -1.30. The Morgan fingerprint density at radius 3 is 2.84 bits per heavy atom. The molecule has 1 aliphatic rings. The molecule has 3 rings (SSSR count). The normalized spacial score (nSPS) is 13.5. The third-order valence-corrected chi connectivity index (χ3v) is 3.85. The SMILES string of the molecule is Clc1cnc(CNCc2ccc3c(c2)OCCO3)s1. The van der Waals surface area contributed by atoms with Crippen molar-refractivity contribution in [1.82, 2.24) is 10.3 Å². The smallest absolute Gasteiger partial charge is 0.161 e. The van der Waals surface area contributed by atoms with Crippen molar-refractivity contribution in [2.75, 3.05) is 13.2 Å². The highest BCUT2D eigenvalue weighted by molar-refractivity contribution is 7.15. The van der Waals surface area contributed by atoms with Crippen LogP contribution in [0.4, 0.5) is 0 Å². The molecule has 1 aromatic heterocycles. The second kappa shape index (κ2) is 5.77. The maximum atomic E-state index is 5.83. The molecule has 0 saturated heterocycles. The molecule has 0 spiro atoms. The van der Waals surface area contributed by atoms with E-state index in [-0.39, 0.29) is 0 Å². The summed E-state index contributed by atoms with van der Waals surface area (Å²) in [6.07, 6.45) is 1.67. The zero-order valence-electron chi connectivity index (χ0n) is 10.2. The number of nitrogens with zero attached hydrogens (tertiary/aromatic N) is 1. The molecule has 1 N–H and O–H groups in total. The van der Waals surface area contributed by atoms with E-state index in [0.717, 1.165) is 33.0 Å². The second-order valence-electron chi connectivity index (χ2n) is 4.14. The first-order valence-electron chi connectivity index (χ1n) is 6.01. The van der Waals surface area contributed by atoms with Gasteiger partial charge >= 0.3 is 0 Å². The molecular weight excluding hydrogens is 284 g/mol. The largest absolute Gasteiger partial charge is 0.486 e. The fourth-order valence-corrected chi connectivity index (χ4v) is 2.81. The number of benzene rings is 1. The number of nitrogens with one attached hydrogen (secondary N) is 1. The maximum Gasteiger partial charge on any atom is 0.161 e. The Morgan fingerprint density at radius 1 is 1.21 bits per heavy atom. The van der Waals surface area contributed by atoms with Crippen LogP contribution in [0.2, 0.25) is 4.34 Å². The third-order valence-electron chi connectivity index (χ3n) is 2.74. The third kappa shape index (κ3) is 3.18. The lowest BCUT2D eigenvalue weighted by molar-refractivity contribution is 0.171. The van der Waals surface area contributed by atoms with Crippen LogP contribution >= 0.6 is 22.9 Å². The van der Waals surface area contributed by atoms with Crippen LogP contribution < -0.4 is 14.8 Å². The summed E-state index contributed by atoms with van der Waals surface area (Å²) in [6.45, 7) is 2.70. The Morgan fingerprint density at radius 2 is 2.05 bits per heavy atom. The fraction of sp³-hybridized carbons (Fsp3) is 0.308. The van der Waals surface area contributed by atoms with Crippen molar-refractivity contribution in [1.29, 1.82) is 0 Å². The minimum absolute atomic E-state index is 0.613. The van der Waals surface area contributed by atoms with E-state index in [2.05, 4.69) is 10.3 Å². The fourth-order valence-electron chi connectivity index (χ4n) is 1.88. The van der Waals surface area contributed by atoms with Gasteiger partial charge in [-0.15, -0.1) is 11.3 Å². The number of aromatic nitrogens is 1. The predicted octanol–water partition coefficient (Wildman–Crippen LogP) is 2.86. The Kier molecular flexibility index (Phi) is 3.87. The highest BCUT2D eigenvalue weighted by Crippen LogP contribution is 2.30. The van der Waals surface area contributed by atoms with Crippen LogP contribution in [0.3, 0.4) is 0 Å². The lowest BCUT2D eigenvalue weighted by Crippen LogP contribution is -2.16. The van der Waals surface area contributed by atoms with E-state index in [1.807, 2.05) is 18.2 Å². The molecule has 0 aliphatic carbocycles. The lowest BCUT2D eigenvalue weighted by Gasteiger charge is -2.18. The number of ether oxygens (including phenoxy) is 2. The van der Waals surface area contributed by atoms with Gasteiger partial charge in [0, 0.05) is 13.1 Å². The number of halogens is 1. The summed E-state index contributed by atoms with van der Waals surface area (Å²) in [4.78, 5) is 4.20. The van der Waals surface area contributed by atoms with Gasteiger partial charge in [0.15, 0.2) is 11.5 Å². The van der Waals surface area contributed by atoms with Crippen molar-refractivity contribution in [3.05, 3.63) is 39.3 Å². The molecule has 100 valence electrons. The molecule has 6 heteroatoms. The van der Waals surface area contributed by atoms with Crippen LogP contribution in [0, 0.1) is 0 Å². The van der Waals surface area contributed by atoms with Gasteiger partial charge in [-0.1, -0.05) is 17.7 Å². The minimum atomic E-state index is 0.613. The topological polar surface area (TPSA) is 43.4 Å². The number of hydrogen-bond donors (Lipinski definition) is 1. The Labute approximate surface area is 120 Å². The molecule has 0 amide bonds. The maximum absolute atomic E-state index is 5.83. The molecule has 2 heterocycles. The quantitative estimate of drug-likeness (QED) is 0.942. The number of thiazole rings is 1. The van der Waals surface area contributed by atoms with Crippen LogP contribution in [-0.4, -0.2) is 18.2 Å². The Balaban J connectivity index is 1.58. The van der Waals surface area contributed by atoms with Crippen LogP contribution in [0.5, 0.6) is 11.5 Å². The first-order valence-corrected chi connectivity index (χ1v) is 7.20. The molecular formula is C13H13ClN2O2S. The molecule has 0 radical (unpaired) electrons. The summed E-state index contributed by atoms with van der Waals surface area (Å²) < 4.78 is 11.8. The van der Waals surface area contributed by atoms with E-state index < -0.39 is 0 Å². The van der Waals surface area contributed by atoms with E-state index in [1.165, 1.54) is 11.3 Å². The number of fused-ring (bicyclic) bond motifs is 1. The first-order chi connectivity index (χ1) is 9.31. The van der Waals surface area contributed by atoms with Gasteiger partial charge in [0.1, 0.15) is 22.6 Å². The van der Waals surface area contributed by atoms with E-state index in [0.29, 0.717) is 19.8 Å². The monoisotopic (exact) mass is 296 g/mol. The van der Waals surface area contributed by atoms with Gasteiger partial charge < -0.3 is 14.8 Å². The van der Waals surface area contributed by atoms with Gasteiger partial charge in [0.25, 0.3) is 0 Å². The molecule has 0 saturated carbocycles. The van der Waals surface area contributed by atoms with Gasteiger partial charge in [0.05, 0.1) is 6.20 Å². The van der Waals surface area contributed by atoms with E-state index in [9.17, 15) is 0 Å². The van der Waals surface area contributed by atoms with Crippen LogP contribution in [0.1, 0.15) is 10.6 Å². The summed E-state index contributed by atoms with van der Waals surface area (Å²) in [5, 5.41) is 4.32. The average Bonchev–Trinajstić information content (AvgIpc) is 2.84. The predicted molar refractivity (Wildman–Crippen MR) is 75.1 cm³/mol. The molecule has 0 unspecified atom stereocenters. The van der Waals surface area contributed by atoms with Crippen LogP contribution in [-0.2, 0) is 13.1 Å². The average molecular weight is 297 g/mol. The van der Waals surface area contributed by atoms with Gasteiger partial charge in [-0.3, -0.25) is 0 Å². The molecule has 2 aromatic rings. The van der Waals surface area contributed by atoms with Crippen molar-refractivity contribution in [2.24, 2.45) is 0 Å². The van der Waals surface area contributed by atoms with Crippen molar-refractivity contribution >= 4 is 22.9 Å². The van der Waals surface area contributed by atoms with Crippen molar-refractivity contribution in [3.8, 4) is 11.5 Å². The standard InChI is InChI=1S/C13H13ClN2O2S/c14-12-7-16-13(19-12)8-15-6-9-1-2-10-11(5-9)18-4-3-17-10/h1-2,5,7,15H,3-4,6,8H2. The van der Waals surface area contributed by atoms with E-state index in [1.54, 1.807) is 6.20 Å². The second-order valence-corrected chi connectivity index (χ2v) is 5.89. The van der Waals surface area contributed by atoms with Crippen LogP contribution in [0.15, 0.2) is 24.4 Å². The van der Waals surface area contributed by atoms with Gasteiger partial charge in [0.2, 0.25) is 0 Å². The molecule has 4 nitrogen and oxygen atoms in total. The highest BCUT2D eigenvalue weighted by atomic mass is 35.5. The highest BCUT2D eigenvalue weighted by Gasteiger charge is 2.11. The van der Waals surface area contributed by atoms with Gasteiger partial charge in [-0.25, -0.2) is 4.98 Å². The summed E-state index contributed by atoms with van der Waals surface area (Å²) in [6, 6.07) is 6.00. The molecule has 0 atom stereocenters. The summed E-state index contributed by atoms with van der Waals surface area (Å²) in [7, 11) is 0. The number of hydrogen-bond acceptors (Lipinski definition) is 5. The minimum Gasteiger partial charge on any atom is -0.486 e. The summed E-state index contributed by atoms with van der Waals surface area (Å²) >= 11 is 7.33. The summed E-state index contributed by atoms with van der Waals surface area (Å²) in [5.41, 5.74) is 1.16. The Bertz CT molecular complexity index is 574. The van der Waals surface area contributed by atoms with Gasteiger partial charge in [-0.05, 0) is 17.7 Å².